The van der Waals surface area contributed by atoms with Gasteiger partial charge in [-0.25, -0.2) is 0 Å². The molecule has 24 heavy (non-hydrogen) atoms. The molecule has 0 saturated heterocycles. The Hall–Kier alpha value is -2.77. The third-order valence-corrected chi connectivity index (χ3v) is 4.02. The molecule has 1 N–H and O–H groups in total. The number of benzene rings is 1. The van der Waals surface area contributed by atoms with Crippen LogP contribution in [0, 0.1) is 0 Å². The molecule has 2 heterocycles. The Morgan fingerprint density at radius 1 is 1.17 bits per heavy atom. The van der Waals surface area contributed by atoms with E-state index < -0.39 is 0 Å². The Kier molecular flexibility index (Phi) is 4.54. The number of ether oxygens (including phenoxy) is 3. The SMILES string of the molecule is COc1cc(C(=O)NCc2nnc3n2CCC3)cc(OC)c1OC. The minimum Gasteiger partial charge on any atom is -0.493 e. The van der Waals surface area contributed by atoms with Crippen molar-refractivity contribution < 1.29 is 19.0 Å². The van der Waals surface area contributed by atoms with Crippen molar-refractivity contribution in [3.8, 4) is 17.2 Å². The van der Waals surface area contributed by atoms with Gasteiger partial charge in [0.15, 0.2) is 17.3 Å². The van der Waals surface area contributed by atoms with Crippen LogP contribution in [-0.2, 0) is 19.5 Å². The second-order valence-electron chi connectivity index (χ2n) is 5.38. The molecule has 0 unspecified atom stereocenters. The van der Waals surface area contributed by atoms with Gasteiger partial charge in [-0.1, -0.05) is 0 Å². The number of aromatic nitrogens is 3. The molecule has 1 amide bonds. The fourth-order valence-corrected chi connectivity index (χ4v) is 2.82. The Labute approximate surface area is 139 Å². The monoisotopic (exact) mass is 332 g/mol. The number of hydrogen-bond donors (Lipinski definition) is 1. The molecule has 2 aromatic rings. The largest absolute Gasteiger partial charge is 0.493 e. The molecule has 0 spiro atoms. The summed E-state index contributed by atoms with van der Waals surface area (Å²) in [7, 11) is 4.54. The summed E-state index contributed by atoms with van der Waals surface area (Å²) in [5.74, 6) is 2.82. The van der Waals surface area contributed by atoms with E-state index in [9.17, 15) is 4.79 Å². The van der Waals surface area contributed by atoms with Crippen LogP contribution in [0.1, 0.15) is 28.4 Å². The van der Waals surface area contributed by atoms with Gasteiger partial charge in [0, 0.05) is 18.5 Å². The van der Waals surface area contributed by atoms with Crippen LogP contribution < -0.4 is 19.5 Å². The number of nitrogens with zero attached hydrogens (tertiary/aromatic N) is 3. The molecule has 0 bridgehead atoms. The van der Waals surface area contributed by atoms with Gasteiger partial charge in [0.05, 0.1) is 27.9 Å². The molecule has 0 fully saturated rings. The zero-order chi connectivity index (χ0) is 17.1. The number of carbonyl (C=O) groups excluding carboxylic acids is 1. The second-order valence-corrected chi connectivity index (χ2v) is 5.38. The average Bonchev–Trinajstić information content (AvgIpc) is 3.22. The van der Waals surface area contributed by atoms with Crippen LogP contribution in [0.2, 0.25) is 0 Å². The number of rotatable bonds is 6. The first-order valence-electron chi connectivity index (χ1n) is 7.67. The van der Waals surface area contributed by atoms with E-state index >= 15 is 0 Å². The van der Waals surface area contributed by atoms with Gasteiger partial charge in [-0.3, -0.25) is 4.79 Å². The van der Waals surface area contributed by atoms with Crippen molar-refractivity contribution in [2.45, 2.75) is 25.9 Å². The summed E-state index contributed by atoms with van der Waals surface area (Å²) in [4.78, 5) is 12.5. The fraction of sp³-hybridized carbons (Fsp3) is 0.438. The number of carbonyl (C=O) groups is 1. The van der Waals surface area contributed by atoms with Gasteiger partial charge in [0.25, 0.3) is 5.91 Å². The molecule has 0 saturated carbocycles. The zero-order valence-electron chi connectivity index (χ0n) is 14.0. The number of hydrogen-bond acceptors (Lipinski definition) is 6. The predicted octanol–water partition coefficient (Wildman–Crippen LogP) is 1.18. The molecule has 8 nitrogen and oxygen atoms in total. The van der Waals surface area contributed by atoms with Gasteiger partial charge in [-0.15, -0.1) is 10.2 Å². The van der Waals surface area contributed by atoms with Crippen LogP contribution in [0.5, 0.6) is 17.2 Å². The van der Waals surface area contributed by atoms with Crippen molar-refractivity contribution in [3.63, 3.8) is 0 Å². The molecule has 3 rings (SSSR count). The predicted molar refractivity (Wildman–Crippen MR) is 85.6 cm³/mol. The molecule has 1 aromatic carbocycles. The van der Waals surface area contributed by atoms with E-state index in [2.05, 4.69) is 20.1 Å². The van der Waals surface area contributed by atoms with Crippen molar-refractivity contribution in [1.82, 2.24) is 20.1 Å². The van der Waals surface area contributed by atoms with Crippen molar-refractivity contribution in [1.29, 1.82) is 0 Å². The van der Waals surface area contributed by atoms with E-state index in [1.165, 1.54) is 21.3 Å². The summed E-state index contributed by atoms with van der Waals surface area (Å²) in [6, 6.07) is 3.23. The minimum atomic E-state index is -0.246. The highest BCUT2D eigenvalue weighted by Crippen LogP contribution is 2.38. The smallest absolute Gasteiger partial charge is 0.251 e. The van der Waals surface area contributed by atoms with Crippen molar-refractivity contribution in [3.05, 3.63) is 29.3 Å². The van der Waals surface area contributed by atoms with E-state index in [1.807, 2.05) is 0 Å². The Morgan fingerprint density at radius 3 is 2.50 bits per heavy atom. The molecular weight excluding hydrogens is 312 g/mol. The molecule has 0 aliphatic carbocycles. The van der Waals surface area contributed by atoms with E-state index in [0.29, 0.717) is 29.4 Å². The Morgan fingerprint density at radius 2 is 1.88 bits per heavy atom. The van der Waals surface area contributed by atoms with Crippen LogP contribution in [0.3, 0.4) is 0 Å². The number of nitrogens with one attached hydrogen (secondary N) is 1. The molecule has 8 heteroatoms. The lowest BCUT2D eigenvalue weighted by Crippen LogP contribution is -2.24. The first kappa shape index (κ1) is 16.1. The number of amides is 1. The normalized spacial score (nSPS) is 12.6. The van der Waals surface area contributed by atoms with Gasteiger partial charge in [-0.2, -0.15) is 0 Å². The lowest BCUT2D eigenvalue weighted by molar-refractivity contribution is 0.0948. The van der Waals surface area contributed by atoms with Crippen molar-refractivity contribution >= 4 is 5.91 Å². The van der Waals surface area contributed by atoms with Crippen LogP contribution in [0.15, 0.2) is 12.1 Å². The maximum Gasteiger partial charge on any atom is 0.251 e. The number of methoxy groups -OCH3 is 3. The summed E-state index contributed by atoms with van der Waals surface area (Å²) in [6.07, 6.45) is 2.01. The van der Waals surface area contributed by atoms with Gasteiger partial charge < -0.3 is 24.1 Å². The van der Waals surface area contributed by atoms with Gasteiger partial charge in [0.2, 0.25) is 5.75 Å². The summed E-state index contributed by atoms with van der Waals surface area (Å²) < 4.78 is 17.8. The van der Waals surface area contributed by atoms with Crippen LogP contribution in [0.4, 0.5) is 0 Å². The first-order valence-corrected chi connectivity index (χ1v) is 7.67. The second kappa shape index (κ2) is 6.77. The van der Waals surface area contributed by atoms with E-state index in [4.69, 9.17) is 14.2 Å². The van der Waals surface area contributed by atoms with Crippen LogP contribution in [0.25, 0.3) is 0 Å². The zero-order valence-corrected chi connectivity index (χ0v) is 14.0. The summed E-state index contributed by atoms with van der Waals surface area (Å²) in [6.45, 7) is 1.22. The molecule has 1 aliphatic rings. The molecule has 128 valence electrons. The molecule has 1 aliphatic heterocycles. The number of aryl methyl sites for hydroxylation is 1. The summed E-state index contributed by atoms with van der Waals surface area (Å²) in [5, 5.41) is 11.1. The molecule has 1 aromatic heterocycles. The quantitative estimate of drug-likeness (QED) is 0.855. The van der Waals surface area contributed by atoms with E-state index in [0.717, 1.165) is 31.0 Å². The lowest BCUT2D eigenvalue weighted by Gasteiger charge is -2.14. The summed E-state index contributed by atoms with van der Waals surface area (Å²) >= 11 is 0. The first-order chi connectivity index (χ1) is 11.7. The Balaban J connectivity index is 1.77. The van der Waals surface area contributed by atoms with Crippen LogP contribution >= 0.6 is 0 Å². The molecule has 0 atom stereocenters. The highest BCUT2D eigenvalue weighted by Gasteiger charge is 2.19. The van der Waals surface area contributed by atoms with Crippen molar-refractivity contribution in [2.24, 2.45) is 0 Å². The molecular formula is C16H20N4O4. The van der Waals surface area contributed by atoms with Gasteiger partial charge >= 0.3 is 0 Å². The van der Waals surface area contributed by atoms with Gasteiger partial charge in [0.1, 0.15) is 5.82 Å². The highest BCUT2D eigenvalue weighted by atomic mass is 16.5. The fourth-order valence-electron chi connectivity index (χ4n) is 2.82. The lowest BCUT2D eigenvalue weighted by atomic mass is 10.1. The number of fused-ring (bicyclic) bond motifs is 1. The summed E-state index contributed by atoms with van der Waals surface area (Å²) in [5.41, 5.74) is 0.422. The maximum atomic E-state index is 12.5. The van der Waals surface area contributed by atoms with Crippen LogP contribution in [-0.4, -0.2) is 42.0 Å². The van der Waals surface area contributed by atoms with E-state index in [-0.39, 0.29) is 5.91 Å². The Bertz CT molecular complexity index is 732. The third-order valence-electron chi connectivity index (χ3n) is 4.02. The topological polar surface area (TPSA) is 87.5 Å². The highest BCUT2D eigenvalue weighted by molar-refractivity contribution is 5.95. The van der Waals surface area contributed by atoms with E-state index in [1.54, 1.807) is 12.1 Å². The molecule has 0 radical (unpaired) electrons. The maximum absolute atomic E-state index is 12.5. The third kappa shape index (κ3) is 2.86. The van der Waals surface area contributed by atoms with Crippen molar-refractivity contribution in [2.75, 3.05) is 21.3 Å². The minimum absolute atomic E-state index is 0.246. The standard InChI is InChI=1S/C16H20N4O4/c1-22-11-7-10(8-12(23-2)15(11)24-3)16(21)17-9-14-19-18-13-5-4-6-20(13)14/h7-8H,4-6,9H2,1-3H3,(H,17,21). The van der Waals surface area contributed by atoms with Gasteiger partial charge in [-0.05, 0) is 18.6 Å². The average molecular weight is 332 g/mol.